The van der Waals surface area contributed by atoms with Crippen LogP contribution in [0.25, 0.3) is 0 Å². The molecule has 4 nitrogen and oxygen atoms in total. The maximum Gasteiger partial charge on any atom is 0.155 e. The Hall–Kier alpha value is -0.900. The van der Waals surface area contributed by atoms with Crippen LogP contribution in [0.5, 0.6) is 0 Å². The molecule has 0 radical (unpaired) electrons. The molecule has 1 atom stereocenters. The predicted molar refractivity (Wildman–Crippen MR) is 57.8 cm³/mol. The van der Waals surface area contributed by atoms with Crippen molar-refractivity contribution >= 4 is 0 Å². The zero-order valence-corrected chi connectivity index (χ0v) is 9.00. The van der Waals surface area contributed by atoms with E-state index in [-0.39, 0.29) is 0 Å². The Morgan fingerprint density at radius 3 is 2.60 bits per heavy atom. The summed E-state index contributed by atoms with van der Waals surface area (Å²) in [5, 5.41) is 10.9. The van der Waals surface area contributed by atoms with E-state index in [0.29, 0.717) is 11.8 Å². The smallest absolute Gasteiger partial charge is 0.155 e. The normalized spacial score (nSPS) is 27.6. The number of nitrogens with one attached hydrogen (secondary N) is 2. The number of piperidine rings is 1. The number of hydrogen-bond acceptors (Lipinski definition) is 3. The molecule has 1 aromatic rings. The van der Waals surface area contributed by atoms with Gasteiger partial charge in [-0.3, -0.25) is 5.10 Å². The molecule has 1 aliphatic heterocycles. The second-order valence-corrected chi connectivity index (χ2v) is 4.75. The summed E-state index contributed by atoms with van der Waals surface area (Å²) in [5.74, 6) is 3.36. The maximum absolute atomic E-state index is 4.65. The van der Waals surface area contributed by atoms with Crippen molar-refractivity contribution in [3.8, 4) is 0 Å². The van der Waals surface area contributed by atoms with E-state index in [0.717, 1.165) is 24.7 Å². The number of rotatable bonds is 2. The van der Waals surface area contributed by atoms with E-state index < -0.39 is 0 Å². The largest absolute Gasteiger partial charge is 0.316 e. The average Bonchev–Trinajstić information content (AvgIpc) is 2.66. The first-order valence-electron chi connectivity index (χ1n) is 6.06. The molecular formula is C11H18N4. The number of aromatic nitrogens is 3. The Kier molecular flexibility index (Phi) is 2.44. The van der Waals surface area contributed by atoms with E-state index >= 15 is 0 Å². The van der Waals surface area contributed by atoms with Crippen LogP contribution in [0.15, 0.2) is 0 Å². The Morgan fingerprint density at radius 2 is 1.93 bits per heavy atom. The zero-order chi connectivity index (χ0) is 10.1. The zero-order valence-electron chi connectivity index (χ0n) is 9.00. The van der Waals surface area contributed by atoms with Crippen LogP contribution in [-0.2, 0) is 0 Å². The quantitative estimate of drug-likeness (QED) is 0.771. The van der Waals surface area contributed by atoms with Crippen molar-refractivity contribution in [3.63, 3.8) is 0 Å². The second kappa shape index (κ2) is 3.93. The van der Waals surface area contributed by atoms with Gasteiger partial charge >= 0.3 is 0 Å². The van der Waals surface area contributed by atoms with Crippen LogP contribution in [0, 0.1) is 0 Å². The van der Waals surface area contributed by atoms with Gasteiger partial charge in [0, 0.05) is 18.4 Å². The molecule has 82 valence electrons. The summed E-state index contributed by atoms with van der Waals surface area (Å²) < 4.78 is 0. The molecule has 1 aromatic heterocycles. The highest BCUT2D eigenvalue weighted by atomic mass is 15.2. The van der Waals surface area contributed by atoms with Gasteiger partial charge in [0.25, 0.3) is 0 Å². The van der Waals surface area contributed by atoms with E-state index in [1.807, 2.05) is 0 Å². The van der Waals surface area contributed by atoms with Gasteiger partial charge in [0.1, 0.15) is 5.82 Å². The van der Waals surface area contributed by atoms with Gasteiger partial charge in [0.05, 0.1) is 0 Å². The molecule has 2 aliphatic rings. The topological polar surface area (TPSA) is 53.6 Å². The van der Waals surface area contributed by atoms with E-state index in [4.69, 9.17) is 0 Å². The fourth-order valence-electron chi connectivity index (χ4n) is 2.41. The van der Waals surface area contributed by atoms with Crippen molar-refractivity contribution in [1.29, 1.82) is 0 Å². The van der Waals surface area contributed by atoms with Crippen LogP contribution in [-0.4, -0.2) is 28.3 Å². The minimum atomic E-state index is 0.531. The summed E-state index contributed by atoms with van der Waals surface area (Å²) in [6.45, 7) is 2.19. The predicted octanol–water partition coefficient (Wildman–Crippen LogP) is 1.54. The van der Waals surface area contributed by atoms with Crippen LogP contribution in [0.4, 0.5) is 0 Å². The first kappa shape index (κ1) is 9.33. The molecule has 1 aliphatic carbocycles. The van der Waals surface area contributed by atoms with Crippen LogP contribution < -0.4 is 5.32 Å². The number of H-pyrrole nitrogens is 1. The van der Waals surface area contributed by atoms with Gasteiger partial charge in [0.15, 0.2) is 5.82 Å². The number of nitrogens with zero attached hydrogens (tertiary/aromatic N) is 2. The molecule has 0 bridgehead atoms. The molecule has 1 saturated heterocycles. The molecule has 0 spiro atoms. The molecule has 2 heterocycles. The first-order chi connectivity index (χ1) is 7.43. The third-order valence-corrected chi connectivity index (χ3v) is 3.67. The van der Waals surface area contributed by atoms with E-state index in [1.54, 1.807) is 0 Å². The summed E-state index contributed by atoms with van der Waals surface area (Å²) in [4.78, 5) is 4.65. The van der Waals surface area contributed by atoms with Gasteiger partial charge in [-0.2, -0.15) is 5.10 Å². The molecule has 3 rings (SSSR count). The van der Waals surface area contributed by atoms with Gasteiger partial charge in [-0.1, -0.05) is 6.42 Å². The van der Waals surface area contributed by atoms with Crippen molar-refractivity contribution in [2.24, 2.45) is 0 Å². The van der Waals surface area contributed by atoms with Crippen LogP contribution >= 0.6 is 0 Å². The molecule has 0 amide bonds. The van der Waals surface area contributed by atoms with Gasteiger partial charge in [-0.25, -0.2) is 4.98 Å². The second-order valence-electron chi connectivity index (χ2n) is 4.75. The number of aromatic amines is 1. The lowest BCUT2D eigenvalue weighted by Gasteiger charge is -2.22. The lowest BCUT2D eigenvalue weighted by atomic mass is 9.85. The first-order valence-corrected chi connectivity index (χ1v) is 6.06. The van der Waals surface area contributed by atoms with Gasteiger partial charge in [-0.05, 0) is 32.2 Å². The van der Waals surface area contributed by atoms with Gasteiger partial charge in [-0.15, -0.1) is 0 Å². The molecule has 2 fully saturated rings. The summed E-state index contributed by atoms with van der Waals surface area (Å²) in [5.41, 5.74) is 0. The molecule has 1 saturated carbocycles. The van der Waals surface area contributed by atoms with Crippen molar-refractivity contribution in [2.75, 3.05) is 13.1 Å². The fraction of sp³-hybridized carbons (Fsp3) is 0.818. The summed E-state index contributed by atoms with van der Waals surface area (Å²) in [7, 11) is 0. The number of hydrogen-bond donors (Lipinski definition) is 2. The Morgan fingerprint density at radius 1 is 1.07 bits per heavy atom. The SMILES string of the molecule is C1CNCC(c2n[nH]c(C3CCC3)n2)C1. The van der Waals surface area contributed by atoms with E-state index in [9.17, 15) is 0 Å². The van der Waals surface area contributed by atoms with Gasteiger partial charge < -0.3 is 5.32 Å². The van der Waals surface area contributed by atoms with E-state index in [2.05, 4.69) is 20.5 Å². The lowest BCUT2D eigenvalue weighted by Crippen LogP contribution is -2.29. The third kappa shape index (κ3) is 1.78. The van der Waals surface area contributed by atoms with Crippen molar-refractivity contribution in [3.05, 3.63) is 11.6 Å². The molecule has 1 unspecified atom stereocenters. The standard InChI is InChI=1S/C11H18N4/c1-3-8(4-1)10-13-11(15-14-10)9-5-2-6-12-7-9/h8-9,12H,1-7H2,(H,13,14,15). The molecule has 4 heteroatoms. The lowest BCUT2D eigenvalue weighted by molar-refractivity contribution is 0.401. The average molecular weight is 206 g/mol. The van der Waals surface area contributed by atoms with Crippen molar-refractivity contribution < 1.29 is 0 Å². The minimum absolute atomic E-state index is 0.531. The molecular weight excluding hydrogens is 188 g/mol. The summed E-state index contributed by atoms with van der Waals surface area (Å²) in [6.07, 6.45) is 6.41. The Labute approximate surface area is 89.9 Å². The van der Waals surface area contributed by atoms with Crippen LogP contribution in [0.1, 0.15) is 55.6 Å². The van der Waals surface area contributed by atoms with Crippen LogP contribution in [0.3, 0.4) is 0 Å². The van der Waals surface area contributed by atoms with Crippen molar-refractivity contribution in [1.82, 2.24) is 20.5 Å². The Balaban J connectivity index is 1.71. The summed E-state index contributed by atoms with van der Waals surface area (Å²) >= 11 is 0. The molecule has 2 N–H and O–H groups in total. The third-order valence-electron chi connectivity index (χ3n) is 3.67. The highest BCUT2D eigenvalue weighted by Gasteiger charge is 2.25. The monoisotopic (exact) mass is 206 g/mol. The van der Waals surface area contributed by atoms with Crippen LogP contribution in [0.2, 0.25) is 0 Å². The van der Waals surface area contributed by atoms with E-state index in [1.165, 1.54) is 32.1 Å². The summed E-state index contributed by atoms with van der Waals surface area (Å²) in [6, 6.07) is 0. The maximum atomic E-state index is 4.65. The highest BCUT2D eigenvalue weighted by molar-refractivity contribution is 5.05. The van der Waals surface area contributed by atoms with Gasteiger partial charge in [0.2, 0.25) is 0 Å². The fourth-order valence-corrected chi connectivity index (χ4v) is 2.41. The Bertz CT molecular complexity index is 323. The highest BCUT2D eigenvalue weighted by Crippen LogP contribution is 2.34. The van der Waals surface area contributed by atoms with Crippen molar-refractivity contribution in [2.45, 2.75) is 43.9 Å². The minimum Gasteiger partial charge on any atom is -0.316 e. The molecule has 0 aromatic carbocycles. The molecule has 15 heavy (non-hydrogen) atoms.